The van der Waals surface area contributed by atoms with E-state index >= 15 is 0 Å². The first kappa shape index (κ1) is 28.6. The number of benzene rings is 6. The zero-order valence-corrected chi connectivity index (χ0v) is 28.7. The minimum absolute atomic E-state index is 0.00300. The maximum absolute atomic E-state index is 13.4. The standard InChI is InChI=1S/C46H37NO2/c1-44(2)32-12-9-14-34-40(32)47-41-33(44)13-10-15-35(41)46(5,6)37-25-29(24-36(42(37)47)45(34,3)4)27-19-17-26(18-20-27)28-21-22-39-31(23-28)43(48)30-11-7-8-16-38(30)49-39/h7-25H,1-6H3. The highest BCUT2D eigenvalue weighted by Gasteiger charge is 2.51. The summed E-state index contributed by atoms with van der Waals surface area (Å²) in [7, 11) is 0. The monoisotopic (exact) mass is 635 g/mol. The van der Waals surface area contributed by atoms with Crippen LogP contribution < -0.4 is 10.3 Å². The second kappa shape index (κ2) is 9.18. The molecule has 0 bridgehead atoms. The molecule has 0 unspecified atom stereocenters. The average molecular weight is 636 g/mol. The summed E-state index contributed by atoms with van der Waals surface area (Å²) in [5.41, 5.74) is 17.6. The molecule has 10 rings (SSSR count). The molecule has 3 heteroatoms. The normalized spacial score (nSPS) is 16.9. The van der Waals surface area contributed by atoms with Crippen LogP contribution in [0.4, 0.5) is 17.1 Å². The summed E-state index contributed by atoms with van der Waals surface area (Å²) in [6, 6.07) is 41.0. The van der Waals surface area contributed by atoms with E-state index in [2.05, 4.69) is 119 Å². The van der Waals surface area contributed by atoms with Gasteiger partial charge in [0.15, 0.2) is 0 Å². The minimum atomic E-state index is -0.186. The number of nitrogens with zero attached hydrogens (tertiary/aromatic N) is 1. The Hall–Kier alpha value is -5.41. The number of hydrogen-bond acceptors (Lipinski definition) is 3. The average Bonchev–Trinajstić information content (AvgIpc) is 3.10. The molecule has 4 heterocycles. The second-order valence-corrected chi connectivity index (χ2v) is 15.7. The van der Waals surface area contributed by atoms with Gasteiger partial charge in [-0.15, -0.1) is 0 Å². The lowest BCUT2D eigenvalue weighted by Gasteiger charge is -2.55. The predicted octanol–water partition coefficient (Wildman–Crippen LogP) is 11.7. The minimum Gasteiger partial charge on any atom is -0.456 e. The van der Waals surface area contributed by atoms with Crippen LogP contribution in [0.1, 0.15) is 74.9 Å². The first-order valence-corrected chi connectivity index (χ1v) is 17.3. The first-order chi connectivity index (χ1) is 23.5. The molecule has 0 atom stereocenters. The van der Waals surface area contributed by atoms with Gasteiger partial charge < -0.3 is 9.32 Å². The van der Waals surface area contributed by atoms with Gasteiger partial charge in [0.25, 0.3) is 0 Å². The summed E-state index contributed by atoms with van der Waals surface area (Å²) in [6.07, 6.45) is 0. The summed E-state index contributed by atoms with van der Waals surface area (Å²) >= 11 is 0. The molecule has 0 saturated heterocycles. The fraction of sp³-hybridized carbons (Fsp3) is 0.196. The van der Waals surface area contributed by atoms with Gasteiger partial charge >= 0.3 is 0 Å². The highest BCUT2D eigenvalue weighted by molar-refractivity contribution is 5.99. The van der Waals surface area contributed by atoms with E-state index in [0.29, 0.717) is 21.9 Å². The number of anilines is 3. The molecule has 49 heavy (non-hydrogen) atoms. The highest BCUT2D eigenvalue weighted by atomic mass is 16.3. The van der Waals surface area contributed by atoms with Gasteiger partial charge in [-0.25, -0.2) is 0 Å². The molecule has 0 spiro atoms. The number of rotatable bonds is 2. The molecule has 3 aliphatic rings. The van der Waals surface area contributed by atoms with Crippen molar-refractivity contribution in [1.82, 2.24) is 0 Å². The molecule has 0 aliphatic carbocycles. The Morgan fingerprint density at radius 1 is 0.429 bits per heavy atom. The molecule has 3 nitrogen and oxygen atoms in total. The largest absolute Gasteiger partial charge is 0.456 e. The van der Waals surface area contributed by atoms with Crippen molar-refractivity contribution >= 4 is 39.0 Å². The molecule has 0 amide bonds. The van der Waals surface area contributed by atoms with Crippen molar-refractivity contribution in [3.05, 3.63) is 159 Å². The lowest BCUT2D eigenvalue weighted by atomic mass is 9.60. The molecule has 0 radical (unpaired) electrons. The highest BCUT2D eigenvalue weighted by Crippen LogP contribution is 2.66. The number of hydrogen-bond donors (Lipinski definition) is 0. The number of para-hydroxylation sites is 3. The van der Waals surface area contributed by atoms with Crippen LogP contribution in [0.25, 0.3) is 44.2 Å². The molecule has 1 aromatic heterocycles. The summed E-state index contributed by atoms with van der Waals surface area (Å²) < 4.78 is 6.07. The molecule has 0 saturated carbocycles. The number of fused-ring (bicyclic) bond motifs is 2. The van der Waals surface area contributed by atoms with E-state index in [9.17, 15) is 4.79 Å². The van der Waals surface area contributed by atoms with Crippen LogP contribution in [-0.2, 0) is 16.2 Å². The van der Waals surface area contributed by atoms with Gasteiger partial charge in [0, 0.05) is 16.2 Å². The van der Waals surface area contributed by atoms with Crippen molar-refractivity contribution in [2.24, 2.45) is 0 Å². The SMILES string of the molecule is CC1(C)c2cccc3c2N2c4c1cccc4C(C)(C)c1cc(-c4ccc(-c5ccc6oc7ccccc7c(=O)c6c5)cc4)cc(c12)C3(C)C. The van der Waals surface area contributed by atoms with Crippen molar-refractivity contribution in [3.8, 4) is 22.3 Å². The van der Waals surface area contributed by atoms with E-state index < -0.39 is 0 Å². The predicted molar refractivity (Wildman–Crippen MR) is 202 cm³/mol. The van der Waals surface area contributed by atoms with Crippen molar-refractivity contribution in [3.63, 3.8) is 0 Å². The Balaban J connectivity index is 1.14. The van der Waals surface area contributed by atoms with Gasteiger partial charge in [-0.3, -0.25) is 4.79 Å². The van der Waals surface area contributed by atoms with E-state index in [4.69, 9.17) is 4.42 Å². The van der Waals surface area contributed by atoms with Crippen molar-refractivity contribution < 1.29 is 4.42 Å². The van der Waals surface area contributed by atoms with E-state index in [-0.39, 0.29) is 21.7 Å². The zero-order valence-electron chi connectivity index (χ0n) is 28.7. The molecule has 3 aliphatic heterocycles. The summed E-state index contributed by atoms with van der Waals surface area (Å²) in [6.45, 7) is 14.4. The van der Waals surface area contributed by atoms with Gasteiger partial charge in [-0.2, -0.15) is 0 Å². The lowest BCUT2D eigenvalue weighted by molar-refractivity contribution is 0.567. The fourth-order valence-corrected chi connectivity index (χ4v) is 9.19. The van der Waals surface area contributed by atoms with Crippen LogP contribution in [0.15, 0.2) is 124 Å². The Morgan fingerprint density at radius 2 is 0.878 bits per heavy atom. The van der Waals surface area contributed by atoms with Crippen LogP contribution in [0, 0.1) is 0 Å². The van der Waals surface area contributed by atoms with Crippen LogP contribution in [0.3, 0.4) is 0 Å². The van der Waals surface area contributed by atoms with Gasteiger partial charge in [-0.05, 0) is 92.0 Å². The summed E-state index contributed by atoms with van der Waals surface area (Å²) in [5, 5.41) is 1.21. The van der Waals surface area contributed by atoms with Gasteiger partial charge in [-0.1, -0.05) is 120 Å². The van der Waals surface area contributed by atoms with E-state index in [0.717, 1.165) is 11.1 Å². The van der Waals surface area contributed by atoms with Crippen molar-refractivity contribution in [2.75, 3.05) is 4.90 Å². The Bertz CT molecular complexity index is 2560. The van der Waals surface area contributed by atoms with Crippen molar-refractivity contribution in [2.45, 2.75) is 57.8 Å². The maximum atomic E-state index is 13.4. The molecular weight excluding hydrogens is 599 g/mol. The third-order valence-electron chi connectivity index (χ3n) is 12.0. The Morgan fingerprint density at radius 3 is 1.45 bits per heavy atom. The van der Waals surface area contributed by atoms with E-state index in [1.165, 1.54) is 61.6 Å². The molecule has 238 valence electrons. The molecule has 0 fully saturated rings. The Labute approximate surface area is 286 Å². The van der Waals surface area contributed by atoms with Crippen molar-refractivity contribution in [1.29, 1.82) is 0 Å². The fourth-order valence-electron chi connectivity index (χ4n) is 9.19. The van der Waals surface area contributed by atoms with Crippen LogP contribution >= 0.6 is 0 Å². The smallest absolute Gasteiger partial charge is 0.200 e. The third-order valence-corrected chi connectivity index (χ3v) is 12.0. The molecular formula is C46H37NO2. The van der Waals surface area contributed by atoms with Crippen LogP contribution in [0.5, 0.6) is 0 Å². The van der Waals surface area contributed by atoms with Gasteiger partial charge in [0.2, 0.25) is 5.43 Å². The quantitative estimate of drug-likeness (QED) is 0.177. The van der Waals surface area contributed by atoms with Gasteiger partial charge in [0.1, 0.15) is 11.2 Å². The topological polar surface area (TPSA) is 33.5 Å². The Kier molecular flexibility index (Phi) is 5.36. The summed E-state index contributed by atoms with van der Waals surface area (Å²) in [5.74, 6) is 0. The van der Waals surface area contributed by atoms with E-state index in [1.807, 2.05) is 42.5 Å². The first-order valence-electron chi connectivity index (χ1n) is 17.3. The zero-order chi connectivity index (χ0) is 33.6. The second-order valence-electron chi connectivity index (χ2n) is 15.7. The molecule has 6 aromatic carbocycles. The maximum Gasteiger partial charge on any atom is 0.200 e. The third kappa shape index (κ3) is 3.55. The van der Waals surface area contributed by atoms with E-state index in [1.54, 1.807) is 0 Å². The van der Waals surface area contributed by atoms with Crippen LogP contribution in [-0.4, -0.2) is 0 Å². The molecule has 7 aromatic rings. The van der Waals surface area contributed by atoms with Gasteiger partial charge in [0.05, 0.1) is 27.8 Å². The lowest BCUT2D eigenvalue weighted by Crippen LogP contribution is -2.43. The molecule has 0 N–H and O–H groups in total. The van der Waals surface area contributed by atoms with Crippen LogP contribution in [0.2, 0.25) is 0 Å². The summed E-state index contributed by atoms with van der Waals surface area (Å²) in [4.78, 5) is 16.0.